The average Bonchev–Trinajstić information content (AvgIpc) is 3.10. The van der Waals surface area contributed by atoms with Crippen LogP contribution in [0.1, 0.15) is 22.0 Å². The van der Waals surface area contributed by atoms with Crippen LogP contribution in [0.25, 0.3) is 0 Å². The summed E-state index contributed by atoms with van der Waals surface area (Å²) in [5.74, 6) is 0.0111. The summed E-state index contributed by atoms with van der Waals surface area (Å²) in [6.07, 6.45) is 2.51. The van der Waals surface area contributed by atoms with Gasteiger partial charge in [-0.15, -0.1) is 0 Å². The molecule has 0 radical (unpaired) electrons. The van der Waals surface area contributed by atoms with Gasteiger partial charge in [0, 0.05) is 32.7 Å². The first-order chi connectivity index (χ1) is 10.7. The molecule has 1 aromatic carbocycles. The normalized spacial score (nSPS) is 17.4. The molecule has 1 fully saturated rings. The Morgan fingerprint density at radius 3 is 2.50 bits per heavy atom. The topological polar surface area (TPSA) is 56.9 Å². The van der Waals surface area contributed by atoms with E-state index < -0.39 is 6.10 Å². The third kappa shape index (κ3) is 3.37. The lowest BCUT2D eigenvalue weighted by atomic mass is 10.1. The fourth-order valence-corrected chi connectivity index (χ4v) is 2.73. The molecule has 5 nitrogen and oxygen atoms in total. The molecule has 1 saturated heterocycles. The number of furan rings is 1. The van der Waals surface area contributed by atoms with Crippen LogP contribution in [-0.2, 0) is 0 Å². The number of benzene rings is 1. The zero-order chi connectivity index (χ0) is 15.4. The highest BCUT2D eigenvalue weighted by molar-refractivity contribution is 5.93. The zero-order valence-electron chi connectivity index (χ0n) is 12.4. The summed E-state index contributed by atoms with van der Waals surface area (Å²) in [5.41, 5.74) is 1.53. The van der Waals surface area contributed by atoms with Crippen LogP contribution in [0.5, 0.6) is 0 Å². The quantitative estimate of drug-likeness (QED) is 0.935. The Balaban J connectivity index is 1.51. The van der Waals surface area contributed by atoms with Gasteiger partial charge in [0.1, 0.15) is 6.26 Å². The van der Waals surface area contributed by atoms with Gasteiger partial charge in [0.25, 0.3) is 5.91 Å². The number of aliphatic hydroxyl groups excluding tert-OH is 1. The largest absolute Gasteiger partial charge is 0.472 e. The van der Waals surface area contributed by atoms with E-state index in [0.29, 0.717) is 25.2 Å². The molecule has 2 aromatic rings. The molecule has 0 saturated carbocycles. The van der Waals surface area contributed by atoms with Gasteiger partial charge in [-0.05, 0) is 11.6 Å². The number of aliphatic hydroxyl groups is 1. The highest BCUT2D eigenvalue weighted by atomic mass is 16.3. The molecule has 1 aromatic heterocycles. The third-order valence-corrected chi connectivity index (χ3v) is 4.04. The van der Waals surface area contributed by atoms with Gasteiger partial charge in [-0.3, -0.25) is 9.69 Å². The van der Waals surface area contributed by atoms with Crippen LogP contribution in [-0.4, -0.2) is 53.5 Å². The van der Waals surface area contributed by atoms with Crippen LogP contribution in [0.3, 0.4) is 0 Å². The highest BCUT2D eigenvalue weighted by Crippen LogP contribution is 2.16. The van der Waals surface area contributed by atoms with Gasteiger partial charge in [0.2, 0.25) is 0 Å². The van der Waals surface area contributed by atoms with Crippen molar-refractivity contribution < 1.29 is 14.3 Å². The van der Waals surface area contributed by atoms with E-state index in [1.807, 2.05) is 35.2 Å². The predicted molar refractivity (Wildman–Crippen MR) is 82.5 cm³/mol. The minimum atomic E-state index is -0.489. The number of rotatable bonds is 4. The Bertz CT molecular complexity index is 590. The SMILES string of the molecule is O=C(c1ccoc1)N1CCN(CC(O)c2ccccc2)CC1. The van der Waals surface area contributed by atoms with Crippen molar-refractivity contribution in [3.8, 4) is 0 Å². The monoisotopic (exact) mass is 300 g/mol. The Hall–Kier alpha value is -2.11. The van der Waals surface area contributed by atoms with Crippen molar-refractivity contribution in [2.75, 3.05) is 32.7 Å². The number of nitrogens with zero attached hydrogens (tertiary/aromatic N) is 2. The van der Waals surface area contributed by atoms with E-state index in [4.69, 9.17) is 4.42 Å². The fraction of sp³-hybridized carbons (Fsp3) is 0.353. The van der Waals surface area contributed by atoms with E-state index in [-0.39, 0.29) is 5.91 Å². The molecule has 0 bridgehead atoms. The van der Waals surface area contributed by atoms with E-state index in [1.165, 1.54) is 12.5 Å². The van der Waals surface area contributed by atoms with Gasteiger partial charge in [0.05, 0.1) is 17.9 Å². The Kier molecular flexibility index (Phi) is 4.56. The number of β-amino-alcohol motifs (C(OH)–C–C–N with tert-alkyl or cyclic N) is 1. The van der Waals surface area contributed by atoms with Crippen molar-refractivity contribution in [3.05, 3.63) is 60.1 Å². The molecule has 1 aliphatic rings. The van der Waals surface area contributed by atoms with Crippen LogP contribution in [0.15, 0.2) is 53.3 Å². The number of piperazine rings is 1. The fourth-order valence-electron chi connectivity index (χ4n) is 2.73. The summed E-state index contributed by atoms with van der Waals surface area (Å²) < 4.78 is 4.96. The van der Waals surface area contributed by atoms with E-state index >= 15 is 0 Å². The Morgan fingerprint density at radius 1 is 1.14 bits per heavy atom. The van der Waals surface area contributed by atoms with Crippen LogP contribution >= 0.6 is 0 Å². The van der Waals surface area contributed by atoms with Gasteiger partial charge in [0.15, 0.2) is 0 Å². The van der Waals surface area contributed by atoms with Crippen molar-refractivity contribution in [1.82, 2.24) is 9.80 Å². The lowest BCUT2D eigenvalue weighted by Crippen LogP contribution is -2.49. The zero-order valence-corrected chi connectivity index (χ0v) is 12.4. The molecule has 2 heterocycles. The standard InChI is InChI=1S/C17H20N2O3/c20-16(14-4-2-1-3-5-14)12-18-7-9-19(10-8-18)17(21)15-6-11-22-13-15/h1-6,11,13,16,20H,7-10,12H2. The van der Waals surface area contributed by atoms with Crippen molar-refractivity contribution in [2.45, 2.75) is 6.10 Å². The lowest BCUT2D eigenvalue weighted by Gasteiger charge is -2.35. The first-order valence-electron chi connectivity index (χ1n) is 7.51. The maximum atomic E-state index is 12.2. The van der Waals surface area contributed by atoms with Gasteiger partial charge < -0.3 is 14.4 Å². The second-order valence-corrected chi connectivity index (χ2v) is 5.53. The molecule has 22 heavy (non-hydrogen) atoms. The third-order valence-electron chi connectivity index (χ3n) is 4.04. The number of amides is 1. The summed E-state index contributed by atoms with van der Waals surface area (Å²) in [7, 11) is 0. The van der Waals surface area contributed by atoms with Crippen LogP contribution in [0.2, 0.25) is 0 Å². The maximum absolute atomic E-state index is 12.2. The highest BCUT2D eigenvalue weighted by Gasteiger charge is 2.24. The molecular weight excluding hydrogens is 280 g/mol. The Labute approximate surface area is 129 Å². The number of hydrogen-bond acceptors (Lipinski definition) is 4. The molecule has 1 atom stereocenters. The van der Waals surface area contributed by atoms with Crippen molar-refractivity contribution in [1.29, 1.82) is 0 Å². The molecule has 116 valence electrons. The molecule has 1 unspecified atom stereocenters. The molecule has 0 aliphatic carbocycles. The smallest absolute Gasteiger partial charge is 0.257 e. The van der Waals surface area contributed by atoms with Gasteiger partial charge >= 0.3 is 0 Å². The molecule has 3 rings (SSSR count). The number of carbonyl (C=O) groups excluding carboxylic acids is 1. The van der Waals surface area contributed by atoms with Crippen molar-refractivity contribution in [2.24, 2.45) is 0 Å². The van der Waals surface area contributed by atoms with Gasteiger partial charge in [-0.2, -0.15) is 0 Å². The number of hydrogen-bond donors (Lipinski definition) is 1. The molecule has 0 spiro atoms. The van der Waals surface area contributed by atoms with Crippen molar-refractivity contribution in [3.63, 3.8) is 0 Å². The first-order valence-corrected chi connectivity index (χ1v) is 7.51. The van der Waals surface area contributed by atoms with Crippen molar-refractivity contribution >= 4 is 5.91 Å². The minimum Gasteiger partial charge on any atom is -0.472 e. The van der Waals surface area contributed by atoms with E-state index in [0.717, 1.165) is 18.7 Å². The summed E-state index contributed by atoms with van der Waals surface area (Å²) in [6.45, 7) is 3.48. The molecule has 1 aliphatic heterocycles. The molecule has 5 heteroatoms. The maximum Gasteiger partial charge on any atom is 0.257 e. The second-order valence-electron chi connectivity index (χ2n) is 5.53. The predicted octanol–water partition coefficient (Wildman–Crippen LogP) is 1.77. The molecular formula is C17H20N2O3. The molecule has 1 N–H and O–H groups in total. The summed E-state index contributed by atoms with van der Waals surface area (Å²) in [4.78, 5) is 16.2. The van der Waals surface area contributed by atoms with Gasteiger partial charge in [-0.1, -0.05) is 30.3 Å². The second kappa shape index (κ2) is 6.77. The van der Waals surface area contributed by atoms with E-state index in [2.05, 4.69) is 4.90 Å². The lowest BCUT2D eigenvalue weighted by molar-refractivity contribution is 0.0527. The average molecular weight is 300 g/mol. The van der Waals surface area contributed by atoms with Crippen LogP contribution in [0, 0.1) is 0 Å². The summed E-state index contributed by atoms with van der Waals surface area (Å²) in [6, 6.07) is 11.4. The van der Waals surface area contributed by atoms with Gasteiger partial charge in [-0.25, -0.2) is 0 Å². The van der Waals surface area contributed by atoms with Crippen LogP contribution < -0.4 is 0 Å². The molecule has 1 amide bonds. The van der Waals surface area contributed by atoms with E-state index in [1.54, 1.807) is 6.07 Å². The minimum absolute atomic E-state index is 0.0111. The van der Waals surface area contributed by atoms with Crippen LogP contribution in [0.4, 0.5) is 0 Å². The summed E-state index contributed by atoms with van der Waals surface area (Å²) >= 11 is 0. The first kappa shape index (κ1) is 14.8. The van der Waals surface area contributed by atoms with E-state index in [9.17, 15) is 9.90 Å². The Morgan fingerprint density at radius 2 is 1.86 bits per heavy atom. The number of carbonyl (C=O) groups is 1. The summed E-state index contributed by atoms with van der Waals surface area (Å²) in [5, 5.41) is 10.3.